The minimum absolute atomic E-state index is 0.484. The van der Waals surface area contributed by atoms with Crippen LogP contribution >= 0.6 is 0 Å². The van der Waals surface area contributed by atoms with Crippen molar-refractivity contribution >= 4 is 0 Å². The first-order valence-electron chi connectivity index (χ1n) is 5.57. The summed E-state index contributed by atoms with van der Waals surface area (Å²) < 4.78 is 0. The van der Waals surface area contributed by atoms with Crippen LogP contribution in [0.15, 0.2) is 48.7 Å². The number of hydrogen-bond acceptors (Lipinski definition) is 2. The van der Waals surface area contributed by atoms with Crippen molar-refractivity contribution in [1.29, 1.82) is 5.26 Å². The average molecular weight is 222 g/mol. The van der Waals surface area contributed by atoms with Crippen molar-refractivity contribution in [3.63, 3.8) is 0 Å². The molecule has 84 valence electrons. The zero-order valence-electron chi connectivity index (χ0n) is 10.0. The summed E-state index contributed by atoms with van der Waals surface area (Å²) in [4.78, 5) is 4.41. The summed E-state index contributed by atoms with van der Waals surface area (Å²) in [5, 5.41) is 9.06. The lowest BCUT2D eigenvalue weighted by atomic mass is 9.87. The Kier molecular flexibility index (Phi) is 2.93. The van der Waals surface area contributed by atoms with Crippen LogP contribution in [0.25, 0.3) is 11.3 Å². The lowest BCUT2D eigenvalue weighted by molar-refractivity contribution is 0.683. The molecule has 0 fully saturated rings. The fraction of sp³-hybridized carbons (Fsp3) is 0.200. The monoisotopic (exact) mass is 222 g/mol. The Labute approximate surface area is 102 Å². The summed E-state index contributed by atoms with van der Waals surface area (Å²) in [5.41, 5.74) is 2.49. The fourth-order valence-electron chi connectivity index (χ4n) is 1.61. The molecule has 0 atom stereocenters. The van der Waals surface area contributed by atoms with Gasteiger partial charge in [0.05, 0.1) is 17.2 Å². The van der Waals surface area contributed by atoms with Crippen molar-refractivity contribution in [2.24, 2.45) is 0 Å². The first-order chi connectivity index (χ1) is 8.13. The average Bonchev–Trinajstić information content (AvgIpc) is 2.40. The summed E-state index contributed by atoms with van der Waals surface area (Å²) >= 11 is 0. The van der Waals surface area contributed by atoms with Gasteiger partial charge in [-0.1, -0.05) is 36.4 Å². The van der Waals surface area contributed by atoms with E-state index in [0.29, 0.717) is 0 Å². The molecule has 2 heteroatoms. The molecule has 0 aliphatic rings. The second-order valence-electron chi connectivity index (χ2n) is 4.53. The highest BCUT2D eigenvalue weighted by Gasteiger charge is 2.19. The van der Waals surface area contributed by atoms with Crippen molar-refractivity contribution in [2.75, 3.05) is 0 Å². The number of aromatic nitrogens is 1. The van der Waals surface area contributed by atoms with Gasteiger partial charge in [-0.15, -0.1) is 0 Å². The van der Waals surface area contributed by atoms with Gasteiger partial charge >= 0.3 is 0 Å². The van der Waals surface area contributed by atoms with Gasteiger partial charge in [0.1, 0.15) is 0 Å². The molecule has 17 heavy (non-hydrogen) atoms. The molecule has 2 aromatic rings. The smallest absolute Gasteiger partial charge is 0.0781 e. The second kappa shape index (κ2) is 4.39. The van der Waals surface area contributed by atoms with Gasteiger partial charge in [-0.25, -0.2) is 0 Å². The fourth-order valence-corrected chi connectivity index (χ4v) is 1.61. The van der Waals surface area contributed by atoms with E-state index in [1.807, 2.05) is 56.3 Å². The van der Waals surface area contributed by atoms with Crippen LogP contribution in [0.4, 0.5) is 0 Å². The topological polar surface area (TPSA) is 36.7 Å². The molecule has 0 radical (unpaired) electrons. The second-order valence-corrected chi connectivity index (χ2v) is 4.53. The van der Waals surface area contributed by atoms with Crippen LogP contribution in [-0.4, -0.2) is 4.98 Å². The summed E-state index contributed by atoms with van der Waals surface area (Å²) in [6, 6.07) is 16.2. The van der Waals surface area contributed by atoms with Gasteiger partial charge in [0, 0.05) is 11.8 Å². The molecule has 1 aromatic heterocycles. The normalized spacial score (nSPS) is 10.9. The summed E-state index contributed by atoms with van der Waals surface area (Å²) in [5.74, 6) is 0. The van der Waals surface area contributed by atoms with Gasteiger partial charge in [-0.3, -0.25) is 4.98 Å². The molecule has 0 amide bonds. The summed E-state index contributed by atoms with van der Waals surface area (Å²) in [6.45, 7) is 3.79. The van der Waals surface area contributed by atoms with Crippen LogP contribution in [-0.2, 0) is 5.41 Å². The van der Waals surface area contributed by atoms with E-state index in [2.05, 4.69) is 11.1 Å². The molecule has 0 aliphatic carbocycles. The van der Waals surface area contributed by atoms with Crippen molar-refractivity contribution < 1.29 is 0 Å². The molecule has 2 rings (SSSR count). The van der Waals surface area contributed by atoms with Crippen LogP contribution in [0, 0.1) is 11.3 Å². The molecule has 0 aliphatic heterocycles. The van der Waals surface area contributed by atoms with Crippen LogP contribution in [0.5, 0.6) is 0 Å². The Balaban J connectivity index is 2.35. The molecular formula is C15H14N2. The quantitative estimate of drug-likeness (QED) is 0.779. The zero-order valence-corrected chi connectivity index (χ0v) is 10.0. The maximum atomic E-state index is 9.06. The van der Waals surface area contributed by atoms with Gasteiger partial charge in [0.25, 0.3) is 0 Å². The Morgan fingerprint density at radius 3 is 2.29 bits per heavy atom. The largest absolute Gasteiger partial charge is 0.256 e. The Morgan fingerprint density at radius 2 is 1.76 bits per heavy atom. The molecule has 0 N–H and O–H groups in total. The minimum atomic E-state index is -0.484. The molecule has 0 bridgehead atoms. The van der Waals surface area contributed by atoms with E-state index in [4.69, 9.17) is 5.26 Å². The van der Waals surface area contributed by atoms with Crippen molar-refractivity contribution in [3.05, 3.63) is 54.2 Å². The maximum Gasteiger partial charge on any atom is 0.0781 e. The maximum absolute atomic E-state index is 9.06. The summed E-state index contributed by atoms with van der Waals surface area (Å²) in [7, 11) is 0. The van der Waals surface area contributed by atoms with Gasteiger partial charge in [0.15, 0.2) is 0 Å². The van der Waals surface area contributed by atoms with Crippen molar-refractivity contribution in [1.82, 2.24) is 4.98 Å². The van der Waals surface area contributed by atoms with Gasteiger partial charge in [-0.05, 0) is 25.5 Å². The van der Waals surface area contributed by atoms with E-state index < -0.39 is 5.41 Å². The first-order valence-corrected chi connectivity index (χ1v) is 5.57. The van der Waals surface area contributed by atoms with Crippen LogP contribution < -0.4 is 0 Å². The Morgan fingerprint density at radius 1 is 1.06 bits per heavy atom. The van der Waals surface area contributed by atoms with Crippen molar-refractivity contribution in [2.45, 2.75) is 19.3 Å². The highest BCUT2D eigenvalue weighted by molar-refractivity contribution is 5.59. The molecule has 0 saturated carbocycles. The first kappa shape index (κ1) is 11.3. The highest BCUT2D eigenvalue weighted by atomic mass is 14.7. The zero-order chi connectivity index (χ0) is 12.3. The third kappa shape index (κ3) is 2.34. The van der Waals surface area contributed by atoms with Gasteiger partial charge in [-0.2, -0.15) is 5.26 Å². The van der Waals surface area contributed by atoms with E-state index in [1.54, 1.807) is 6.20 Å². The highest BCUT2D eigenvalue weighted by Crippen LogP contribution is 2.23. The number of hydrogen-bond donors (Lipinski definition) is 0. The number of nitriles is 1. The predicted octanol–water partition coefficient (Wildman–Crippen LogP) is 3.55. The van der Waals surface area contributed by atoms with E-state index in [1.165, 1.54) is 0 Å². The predicted molar refractivity (Wildman–Crippen MR) is 68.3 cm³/mol. The number of benzene rings is 1. The molecule has 0 saturated heterocycles. The van der Waals surface area contributed by atoms with Crippen molar-refractivity contribution in [3.8, 4) is 17.3 Å². The van der Waals surface area contributed by atoms with E-state index >= 15 is 0 Å². The molecule has 1 aromatic carbocycles. The van der Waals surface area contributed by atoms with Crippen LogP contribution in [0.3, 0.4) is 0 Å². The van der Waals surface area contributed by atoms with E-state index in [9.17, 15) is 0 Å². The van der Waals surface area contributed by atoms with E-state index in [0.717, 1.165) is 16.8 Å². The number of nitrogens with zero attached hydrogens (tertiary/aromatic N) is 2. The standard InChI is InChI=1S/C15H14N2/c1-15(2,11-16)13-8-9-14(17-10-13)12-6-4-3-5-7-12/h3-10H,1-2H3. The molecule has 0 unspecified atom stereocenters. The lowest BCUT2D eigenvalue weighted by Crippen LogP contribution is -2.13. The molecule has 2 nitrogen and oxygen atoms in total. The molecule has 1 heterocycles. The minimum Gasteiger partial charge on any atom is -0.256 e. The number of pyridine rings is 1. The Bertz CT molecular complexity index is 533. The lowest BCUT2D eigenvalue weighted by Gasteiger charge is -2.15. The third-order valence-corrected chi connectivity index (χ3v) is 2.83. The SMILES string of the molecule is CC(C)(C#N)c1ccc(-c2ccccc2)nc1. The van der Waals surface area contributed by atoms with E-state index in [-0.39, 0.29) is 0 Å². The Hall–Kier alpha value is -2.14. The molecular weight excluding hydrogens is 208 g/mol. The van der Waals surface area contributed by atoms with Gasteiger partial charge < -0.3 is 0 Å². The number of rotatable bonds is 2. The van der Waals surface area contributed by atoms with Crippen LogP contribution in [0.2, 0.25) is 0 Å². The summed E-state index contributed by atoms with van der Waals surface area (Å²) in [6.07, 6.45) is 1.78. The van der Waals surface area contributed by atoms with Crippen LogP contribution in [0.1, 0.15) is 19.4 Å². The van der Waals surface area contributed by atoms with Gasteiger partial charge in [0.2, 0.25) is 0 Å². The third-order valence-electron chi connectivity index (χ3n) is 2.83. The molecule has 0 spiro atoms.